The van der Waals surface area contributed by atoms with Crippen LogP contribution in [-0.2, 0) is 9.53 Å². The normalized spacial score (nSPS) is 51.7. The van der Waals surface area contributed by atoms with E-state index in [4.69, 9.17) is 4.74 Å². The van der Waals surface area contributed by atoms with Crippen LogP contribution in [0.15, 0.2) is 0 Å². The third-order valence-electron chi connectivity index (χ3n) is 10.5. The van der Waals surface area contributed by atoms with Crippen molar-refractivity contribution in [2.45, 2.75) is 90.2 Å². The Kier molecular flexibility index (Phi) is 5.60. The highest BCUT2D eigenvalue weighted by Crippen LogP contribution is 2.64. The van der Waals surface area contributed by atoms with Crippen LogP contribution < -0.4 is 0 Å². The molecule has 5 rings (SSSR count). The Morgan fingerprint density at radius 3 is 2.63 bits per heavy atom. The van der Waals surface area contributed by atoms with Crippen LogP contribution in [0.5, 0.6) is 0 Å². The van der Waals surface area contributed by atoms with Crippen molar-refractivity contribution in [2.75, 3.05) is 26.3 Å². The van der Waals surface area contributed by atoms with E-state index in [0.717, 1.165) is 68.6 Å². The lowest BCUT2D eigenvalue weighted by atomic mass is 9.49. The van der Waals surface area contributed by atoms with Gasteiger partial charge in [-0.15, -0.1) is 0 Å². The van der Waals surface area contributed by atoms with Gasteiger partial charge in [0.25, 0.3) is 0 Å². The predicted molar refractivity (Wildman–Crippen MR) is 118 cm³/mol. The van der Waals surface area contributed by atoms with Crippen molar-refractivity contribution in [3.05, 3.63) is 0 Å². The molecule has 5 aliphatic rings. The second-order valence-corrected chi connectivity index (χ2v) is 12.2. The molecule has 9 unspecified atom stereocenters. The van der Waals surface area contributed by atoms with Crippen molar-refractivity contribution < 1.29 is 14.6 Å². The summed E-state index contributed by atoms with van der Waals surface area (Å²) in [6.07, 6.45) is 10.8. The summed E-state index contributed by atoms with van der Waals surface area (Å²) >= 11 is 0. The Morgan fingerprint density at radius 1 is 1.03 bits per heavy atom. The third kappa shape index (κ3) is 3.59. The Bertz CT molecular complexity index is 663. The molecule has 1 aliphatic heterocycles. The van der Waals surface area contributed by atoms with Crippen LogP contribution in [0.4, 0.5) is 0 Å². The van der Waals surface area contributed by atoms with Gasteiger partial charge in [0.1, 0.15) is 5.78 Å². The lowest BCUT2D eigenvalue weighted by Crippen LogP contribution is -2.52. The Labute approximate surface area is 183 Å². The molecule has 0 amide bonds. The number of hydrogen-bond acceptors (Lipinski definition) is 4. The number of carbonyl (C=O) groups is 1. The van der Waals surface area contributed by atoms with Crippen molar-refractivity contribution >= 4 is 5.78 Å². The zero-order chi connectivity index (χ0) is 21.1. The molecule has 1 N–H and O–H groups in total. The fourth-order valence-electron chi connectivity index (χ4n) is 8.92. The maximum atomic E-state index is 13.5. The van der Waals surface area contributed by atoms with Gasteiger partial charge in [0.15, 0.2) is 0 Å². The van der Waals surface area contributed by atoms with Gasteiger partial charge in [-0.25, -0.2) is 0 Å². The van der Waals surface area contributed by atoms with Crippen LogP contribution in [0, 0.1) is 40.9 Å². The molecule has 0 aromatic carbocycles. The van der Waals surface area contributed by atoms with E-state index in [0.29, 0.717) is 18.4 Å². The summed E-state index contributed by atoms with van der Waals surface area (Å²) < 4.78 is 5.57. The summed E-state index contributed by atoms with van der Waals surface area (Å²) in [5, 5.41) is 10.6. The molecular weight excluding hydrogens is 374 g/mol. The molecule has 9 atom stereocenters. The van der Waals surface area contributed by atoms with E-state index in [-0.39, 0.29) is 11.3 Å². The molecule has 0 aromatic rings. The summed E-state index contributed by atoms with van der Waals surface area (Å²) in [7, 11) is 0. The Morgan fingerprint density at radius 2 is 1.83 bits per heavy atom. The maximum Gasteiger partial charge on any atom is 0.150 e. The van der Waals surface area contributed by atoms with E-state index in [9.17, 15) is 9.90 Å². The smallest absolute Gasteiger partial charge is 0.150 e. The number of morpholine rings is 1. The molecule has 0 spiro atoms. The number of ketones is 1. The molecule has 4 heteroatoms. The van der Waals surface area contributed by atoms with Gasteiger partial charge in [0.2, 0.25) is 0 Å². The Balaban J connectivity index is 1.28. The molecule has 0 radical (unpaired) electrons. The van der Waals surface area contributed by atoms with Crippen molar-refractivity contribution in [1.82, 2.24) is 4.90 Å². The van der Waals surface area contributed by atoms with Gasteiger partial charge in [0.05, 0.1) is 25.4 Å². The number of rotatable bonds is 3. The number of aliphatic hydroxyl groups is 1. The second kappa shape index (κ2) is 7.85. The van der Waals surface area contributed by atoms with Gasteiger partial charge in [-0.2, -0.15) is 0 Å². The van der Waals surface area contributed by atoms with Gasteiger partial charge in [-0.1, -0.05) is 6.92 Å². The zero-order valence-corrected chi connectivity index (χ0v) is 19.4. The molecule has 4 nitrogen and oxygen atoms in total. The van der Waals surface area contributed by atoms with Crippen LogP contribution in [0.25, 0.3) is 0 Å². The molecular formula is C26H43NO3. The number of carbonyl (C=O) groups excluding carboxylic acids is 1. The first kappa shape index (κ1) is 21.4. The van der Waals surface area contributed by atoms with Crippen LogP contribution in [0.1, 0.15) is 78.6 Å². The number of Topliss-reactive ketones (excluding diaryl/α,β-unsaturated/α-hetero) is 1. The summed E-state index contributed by atoms with van der Waals surface area (Å²) in [5.74, 6) is 4.77. The minimum Gasteiger partial charge on any atom is -0.390 e. The number of hydrogen-bond donors (Lipinski definition) is 1. The van der Waals surface area contributed by atoms with Gasteiger partial charge in [-0.3, -0.25) is 9.69 Å². The minimum atomic E-state index is -0.432. The highest BCUT2D eigenvalue weighted by atomic mass is 16.5. The van der Waals surface area contributed by atoms with Gasteiger partial charge >= 0.3 is 0 Å². The summed E-state index contributed by atoms with van der Waals surface area (Å²) in [5.41, 5.74) is -0.209. The standard InChI is InChI=1S/C26H43NO3/c1-17-16-30-13-12-27(17)15-24(28)23-7-6-22-21-5-4-18-14-25(2,29)10-8-19(18)20(21)9-11-26(22,23)3/h17-23,29H,4-16H2,1-3H3. The van der Waals surface area contributed by atoms with E-state index in [1.54, 1.807) is 0 Å². The van der Waals surface area contributed by atoms with Crippen molar-refractivity contribution in [3.8, 4) is 0 Å². The van der Waals surface area contributed by atoms with Crippen LogP contribution >= 0.6 is 0 Å². The average molecular weight is 418 g/mol. The molecule has 30 heavy (non-hydrogen) atoms. The fraction of sp³-hybridized carbons (Fsp3) is 0.962. The molecule has 4 aliphatic carbocycles. The summed E-state index contributed by atoms with van der Waals surface area (Å²) in [6, 6.07) is 0.363. The van der Waals surface area contributed by atoms with Crippen LogP contribution in [0.3, 0.4) is 0 Å². The largest absolute Gasteiger partial charge is 0.390 e. The summed E-state index contributed by atoms with van der Waals surface area (Å²) in [6.45, 7) is 9.78. The van der Waals surface area contributed by atoms with E-state index in [1.807, 2.05) is 0 Å². The molecule has 5 fully saturated rings. The number of nitrogens with zero attached hydrogens (tertiary/aromatic N) is 1. The molecule has 170 valence electrons. The van der Waals surface area contributed by atoms with E-state index in [2.05, 4.69) is 25.7 Å². The van der Waals surface area contributed by atoms with Crippen LogP contribution in [0.2, 0.25) is 0 Å². The first-order valence-corrected chi connectivity index (χ1v) is 12.9. The first-order valence-electron chi connectivity index (χ1n) is 12.9. The molecule has 4 saturated carbocycles. The monoisotopic (exact) mass is 417 g/mol. The number of ether oxygens (including phenoxy) is 1. The lowest BCUT2D eigenvalue weighted by Gasteiger charge is -2.57. The third-order valence-corrected chi connectivity index (χ3v) is 10.5. The highest BCUT2D eigenvalue weighted by Gasteiger charge is 2.58. The van der Waals surface area contributed by atoms with Gasteiger partial charge in [0, 0.05) is 18.5 Å². The predicted octanol–water partition coefficient (Wildman–Crippen LogP) is 4.30. The average Bonchev–Trinajstić information content (AvgIpc) is 3.06. The van der Waals surface area contributed by atoms with E-state index >= 15 is 0 Å². The summed E-state index contributed by atoms with van der Waals surface area (Å²) in [4.78, 5) is 15.8. The SMILES string of the molecule is CC1COCCN1CC(=O)C1CCC2C3CCC4CC(C)(O)CCC4C3CCC12C. The maximum absolute atomic E-state index is 13.5. The molecule has 0 aromatic heterocycles. The molecule has 0 bridgehead atoms. The van der Waals surface area contributed by atoms with Crippen LogP contribution in [-0.4, -0.2) is 53.7 Å². The quantitative estimate of drug-likeness (QED) is 0.744. The zero-order valence-electron chi connectivity index (χ0n) is 19.4. The Hall–Kier alpha value is -0.450. The second-order valence-electron chi connectivity index (χ2n) is 12.2. The van der Waals surface area contributed by atoms with Crippen molar-refractivity contribution in [2.24, 2.45) is 40.9 Å². The van der Waals surface area contributed by atoms with Gasteiger partial charge < -0.3 is 9.84 Å². The van der Waals surface area contributed by atoms with Crippen molar-refractivity contribution in [3.63, 3.8) is 0 Å². The first-order chi connectivity index (χ1) is 14.3. The van der Waals surface area contributed by atoms with E-state index < -0.39 is 5.60 Å². The highest BCUT2D eigenvalue weighted by molar-refractivity contribution is 5.84. The fourth-order valence-corrected chi connectivity index (χ4v) is 8.92. The molecule has 1 saturated heterocycles. The van der Waals surface area contributed by atoms with Gasteiger partial charge in [-0.05, 0) is 107 Å². The minimum absolute atomic E-state index is 0.223. The molecule has 1 heterocycles. The van der Waals surface area contributed by atoms with E-state index in [1.165, 1.54) is 38.5 Å². The lowest BCUT2D eigenvalue weighted by molar-refractivity contribution is -0.135. The topological polar surface area (TPSA) is 49.8 Å². The van der Waals surface area contributed by atoms with Crippen molar-refractivity contribution in [1.29, 1.82) is 0 Å². The number of fused-ring (bicyclic) bond motifs is 5.